The molecule has 3 aromatic carbocycles. The van der Waals surface area contributed by atoms with Crippen LogP contribution in [0.25, 0.3) is 0 Å². The summed E-state index contributed by atoms with van der Waals surface area (Å²) in [6, 6.07) is 15.2. The molecule has 1 N–H and O–H groups in total. The number of hydrogen-bond donors (Lipinski definition) is 1. The smallest absolute Gasteiger partial charge is 0.250 e. The molecule has 2 fully saturated rings. The topological polar surface area (TPSA) is 67.9 Å². The average molecular weight is 551 g/mol. The quantitative estimate of drug-likeness (QED) is 0.481. The standard InChI is InChI=1S/C29H24ClFN2O4S/c1-36-23-9-16-12-28(26(34)19(16)11-24(23)37-2)25(15-3-6-18(31)7-4-15)22-13-38-14-33(22)29(28)20-10-17(30)5-8-21(20)32-27(29)35/h3-11,22,25H,12-14H2,1-2H3,(H,32,35). The van der Waals surface area contributed by atoms with Gasteiger partial charge in [0, 0.05) is 45.4 Å². The Morgan fingerprint density at radius 2 is 1.79 bits per heavy atom. The molecule has 38 heavy (non-hydrogen) atoms. The number of nitrogens with one attached hydrogen (secondary N) is 1. The van der Waals surface area contributed by atoms with Crippen LogP contribution in [0.15, 0.2) is 54.6 Å². The van der Waals surface area contributed by atoms with Crippen molar-refractivity contribution < 1.29 is 23.5 Å². The van der Waals surface area contributed by atoms with Gasteiger partial charge in [0.15, 0.2) is 17.3 Å². The molecular weight excluding hydrogens is 527 g/mol. The predicted octanol–water partition coefficient (Wildman–Crippen LogP) is 5.24. The van der Waals surface area contributed by atoms with E-state index in [4.69, 9.17) is 21.1 Å². The first-order valence-corrected chi connectivity index (χ1v) is 13.9. The monoisotopic (exact) mass is 550 g/mol. The highest BCUT2D eigenvalue weighted by Gasteiger charge is 2.79. The van der Waals surface area contributed by atoms with Crippen LogP contribution in [0.2, 0.25) is 5.02 Å². The van der Waals surface area contributed by atoms with Crippen molar-refractivity contribution in [1.82, 2.24) is 4.90 Å². The van der Waals surface area contributed by atoms with Crippen LogP contribution in [0.5, 0.6) is 11.5 Å². The van der Waals surface area contributed by atoms with E-state index in [0.29, 0.717) is 45.6 Å². The maximum Gasteiger partial charge on any atom is 0.250 e. The first-order valence-electron chi connectivity index (χ1n) is 12.4. The molecule has 4 unspecified atom stereocenters. The van der Waals surface area contributed by atoms with Crippen LogP contribution in [-0.2, 0) is 16.8 Å². The largest absolute Gasteiger partial charge is 0.493 e. The molecule has 0 bridgehead atoms. The number of benzene rings is 3. The van der Waals surface area contributed by atoms with E-state index in [1.807, 2.05) is 12.1 Å². The second-order valence-corrected chi connectivity index (χ2v) is 11.7. The van der Waals surface area contributed by atoms with E-state index in [-0.39, 0.29) is 29.5 Å². The summed E-state index contributed by atoms with van der Waals surface area (Å²) >= 11 is 8.26. The van der Waals surface area contributed by atoms with E-state index in [1.165, 1.54) is 19.2 Å². The number of Topliss-reactive ketones (excluding diaryl/α,β-unsaturated/α-hetero) is 1. The molecule has 1 aliphatic carbocycles. The summed E-state index contributed by atoms with van der Waals surface area (Å²) < 4.78 is 25.2. The number of methoxy groups -OCH3 is 2. The number of thioether (sulfide) groups is 1. The van der Waals surface area contributed by atoms with Crippen LogP contribution in [-0.4, -0.2) is 48.5 Å². The Balaban J connectivity index is 1.56. The molecule has 1 amide bonds. The Bertz CT molecular complexity index is 1530. The molecule has 2 spiro atoms. The van der Waals surface area contributed by atoms with Gasteiger partial charge >= 0.3 is 0 Å². The maximum absolute atomic E-state index is 15.0. The van der Waals surface area contributed by atoms with Crippen LogP contribution in [0.4, 0.5) is 10.1 Å². The van der Waals surface area contributed by atoms with Gasteiger partial charge in [0.2, 0.25) is 0 Å². The summed E-state index contributed by atoms with van der Waals surface area (Å²) in [7, 11) is 3.10. The minimum Gasteiger partial charge on any atom is -0.493 e. The highest BCUT2D eigenvalue weighted by Crippen LogP contribution is 2.70. The van der Waals surface area contributed by atoms with E-state index in [9.17, 15) is 14.0 Å². The minimum absolute atomic E-state index is 0.120. The third-order valence-electron chi connectivity index (χ3n) is 8.82. The molecular formula is C29H24ClFN2O4S. The Labute approximate surface area is 228 Å². The second-order valence-electron chi connectivity index (χ2n) is 10.3. The highest BCUT2D eigenvalue weighted by atomic mass is 35.5. The van der Waals surface area contributed by atoms with Gasteiger partial charge in [-0.05, 0) is 60.0 Å². The molecule has 7 rings (SSSR count). The van der Waals surface area contributed by atoms with Gasteiger partial charge in [-0.25, -0.2) is 4.39 Å². The van der Waals surface area contributed by atoms with Gasteiger partial charge in [-0.1, -0.05) is 23.7 Å². The minimum atomic E-state index is -1.29. The Morgan fingerprint density at radius 1 is 1.05 bits per heavy atom. The molecule has 3 heterocycles. The first kappa shape index (κ1) is 24.0. The third-order valence-corrected chi connectivity index (χ3v) is 10.1. The van der Waals surface area contributed by atoms with Crippen molar-refractivity contribution >= 4 is 40.7 Å². The predicted molar refractivity (Wildman–Crippen MR) is 144 cm³/mol. The van der Waals surface area contributed by atoms with Gasteiger partial charge in [0.05, 0.1) is 19.6 Å². The zero-order chi connectivity index (χ0) is 26.4. The number of fused-ring (bicyclic) bond motifs is 6. The van der Waals surface area contributed by atoms with E-state index in [0.717, 1.165) is 16.9 Å². The van der Waals surface area contributed by atoms with Gasteiger partial charge in [-0.3, -0.25) is 14.5 Å². The number of ether oxygens (including phenoxy) is 2. The van der Waals surface area contributed by atoms with Crippen LogP contribution >= 0.6 is 23.4 Å². The van der Waals surface area contributed by atoms with Crippen molar-refractivity contribution in [3.05, 3.63) is 87.7 Å². The van der Waals surface area contributed by atoms with Crippen molar-refractivity contribution in [1.29, 1.82) is 0 Å². The molecule has 0 radical (unpaired) electrons. The van der Waals surface area contributed by atoms with Crippen molar-refractivity contribution in [2.45, 2.75) is 23.9 Å². The Kier molecular flexibility index (Phi) is 5.19. The second kappa shape index (κ2) is 8.21. The van der Waals surface area contributed by atoms with E-state index < -0.39 is 11.0 Å². The fourth-order valence-electron chi connectivity index (χ4n) is 7.50. The number of halogens is 2. The van der Waals surface area contributed by atoms with Crippen molar-refractivity contribution in [2.75, 3.05) is 31.2 Å². The molecule has 9 heteroatoms. The number of amides is 1. The Hall–Kier alpha value is -3.07. The zero-order valence-electron chi connectivity index (χ0n) is 20.7. The lowest BCUT2D eigenvalue weighted by Crippen LogP contribution is -2.58. The molecule has 2 saturated heterocycles. The molecule has 4 aliphatic rings. The number of rotatable bonds is 3. The van der Waals surface area contributed by atoms with Crippen LogP contribution in [0, 0.1) is 11.2 Å². The fraction of sp³-hybridized carbons (Fsp3) is 0.310. The summed E-state index contributed by atoms with van der Waals surface area (Å²) in [5.41, 5.74) is 1.04. The van der Waals surface area contributed by atoms with Crippen LogP contribution in [0.1, 0.15) is 33.0 Å². The molecule has 6 nitrogen and oxygen atoms in total. The van der Waals surface area contributed by atoms with Gasteiger partial charge in [0.25, 0.3) is 5.91 Å². The van der Waals surface area contributed by atoms with Crippen molar-refractivity contribution in [3.63, 3.8) is 0 Å². The summed E-state index contributed by atoms with van der Waals surface area (Å²) in [6.45, 7) is 0. The summed E-state index contributed by atoms with van der Waals surface area (Å²) in [6.07, 6.45) is 0.320. The highest BCUT2D eigenvalue weighted by molar-refractivity contribution is 7.99. The van der Waals surface area contributed by atoms with Crippen LogP contribution < -0.4 is 14.8 Å². The lowest BCUT2D eigenvalue weighted by molar-refractivity contribution is -0.130. The van der Waals surface area contributed by atoms with Crippen molar-refractivity contribution in [3.8, 4) is 11.5 Å². The summed E-state index contributed by atoms with van der Waals surface area (Å²) in [4.78, 5) is 31.5. The summed E-state index contributed by atoms with van der Waals surface area (Å²) in [5.74, 6) is 1.24. The molecule has 0 saturated carbocycles. The van der Waals surface area contributed by atoms with Gasteiger partial charge in [-0.15, -0.1) is 11.8 Å². The lowest BCUT2D eigenvalue weighted by atomic mass is 9.58. The van der Waals surface area contributed by atoms with E-state index in [2.05, 4.69) is 10.2 Å². The molecule has 3 aromatic rings. The number of nitrogens with zero attached hydrogens (tertiary/aromatic N) is 1. The zero-order valence-corrected chi connectivity index (χ0v) is 22.3. The van der Waals surface area contributed by atoms with E-state index in [1.54, 1.807) is 49.2 Å². The van der Waals surface area contributed by atoms with Gasteiger partial charge < -0.3 is 14.8 Å². The Morgan fingerprint density at radius 3 is 2.53 bits per heavy atom. The van der Waals surface area contributed by atoms with Gasteiger partial charge in [-0.2, -0.15) is 0 Å². The average Bonchev–Trinajstić information content (AvgIpc) is 3.63. The summed E-state index contributed by atoms with van der Waals surface area (Å²) in [5, 5.41) is 3.58. The number of carbonyl (C=O) groups is 2. The number of hydrogen-bond acceptors (Lipinski definition) is 6. The first-order chi connectivity index (χ1) is 18.4. The molecule has 0 aromatic heterocycles. The van der Waals surface area contributed by atoms with E-state index >= 15 is 0 Å². The SMILES string of the molecule is COc1cc2c(cc1OC)C(=O)C1(C2)C(c2ccc(F)cc2)C2CSCN2C12C(=O)Nc1ccc(Cl)cc12. The lowest BCUT2D eigenvalue weighted by Gasteiger charge is -2.44. The number of carbonyl (C=O) groups excluding carboxylic acids is 2. The molecule has 4 atom stereocenters. The third kappa shape index (κ3) is 2.78. The normalized spacial score (nSPS) is 29.1. The molecule has 3 aliphatic heterocycles. The fourth-order valence-corrected chi connectivity index (χ4v) is 8.97. The maximum atomic E-state index is 15.0. The van der Waals surface area contributed by atoms with Crippen molar-refractivity contribution in [2.24, 2.45) is 5.41 Å². The van der Waals surface area contributed by atoms with Crippen LogP contribution in [0.3, 0.4) is 0 Å². The molecule has 194 valence electrons. The van der Waals surface area contributed by atoms with Gasteiger partial charge in [0.1, 0.15) is 11.4 Å². The number of ketones is 1. The number of anilines is 1.